The maximum atomic E-state index is 12.2. The number of nitrogens with two attached hydrogens (primary N) is 1. The van der Waals surface area contributed by atoms with Crippen LogP contribution in [0.5, 0.6) is 0 Å². The van der Waals surface area contributed by atoms with Crippen LogP contribution in [0.3, 0.4) is 0 Å². The molecule has 0 atom stereocenters. The first kappa shape index (κ1) is 14.0. The fraction of sp³-hybridized carbons (Fsp3) is 0.0667. The molecule has 6 heteroatoms. The molecule has 1 aromatic heterocycles. The highest BCUT2D eigenvalue weighted by Gasteiger charge is 2.11. The largest absolute Gasteiger partial charge is 0.399 e. The van der Waals surface area contributed by atoms with Crippen molar-refractivity contribution in [3.05, 3.63) is 57.5 Å². The minimum absolute atomic E-state index is 0.173. The summed E-state index contributed by atoms with van der Waals surface area (Å²) < 4.78 is 1.84. The number of aromatic nitrogens is 1. The molecule has 0 aliphatic rings. The van der Waals surface area contributed by atoms with Gasteiger partial charge in [-0.3, -0.25) is 4.79 Å². The molecule has 0 radical (unpaired) electrons. The topological polar surface area (TPSA) is 68.0 Å². The number of hydrogen-bond acceptors (Lipinski definition) is 4. The Hall–Kier alpha value is -1.92. The monoisotopic (exact) mass is 361 g/mol. The molecular formula is C15H12BrN3OS. The third-order valence-corrected chi connectivity index (χ3v) is 4.70. The van der Waals surface area contributed by atoms with E-state index in [1.807, 2.05) is 24.3 Å². The van der Waals surface area contributed by atoms with E-state index in [1.54, 1.807) is 29.5 Å². The van der Waals surface area contributed by atoms with Crippen LogP contribution in [0.15, 0.2) is 46.9 Å². The van der Waals surface area contributed by atoms with Gasteiger partial charge in [0.25, 0.3) is 5.91 Å². The summed E-state index contributed by atoms with van der Waals surface area (Å²) in [4.78, 5) is 16.7. The van der Waals surface area contributed by atoms with Crippen molar-refractivity contribution in [1.29, 1.82) is 0 Å². The molecule has 21 heavy (non-hydrogen) atoms. The number of amides is 1. The van der Waals surface area contributed by atoms with Crippen LogP contribution in [0.4, 0.5) is 5.69 Å². The van der Waals surface area contributed by atoms with Crippen LogP contribution < -0.4 is 11.1 Å². The number of nitrogens with one attached hydrogen (secondary N) is 1. The van der Waals surface area contributed by atoms with Gasteiger partial charge in [0.05, 0.1) is 22.3 Å². The van der Waals surface area contributed by atoms with Crippen LogP contribution in [0.1, 0.15) is 15.4 Å². The second kappa shape index (κ2) is 5.83. The summed E-state index contributed by atoms with van der Waals surface area (Å²) in [5.74, 6) is -0.173. The first-order valence-corrected chi connectivity index (χ1v) is 7.92. The highest BCUT2D eigenvalue weighted by molar-refractivity contribution is 9.10. The number of rotatable bonds is 3. The normalized spacial score (nSPS) is 10.7. The zero-order valence-electron chi connectivity index (χ0n) is 11.0. The Kier molecular flexibility index (Phi) is 3.90. The number of nitrogen functional groups attached to an aromatic ring is 1. The molecule has 0 aliphatic carbocycles. The van der Waals surface area contributed by atoms with E-state index in [2.05, 4.69) is 26.2 Å². The summed E-state index contributed by atoms with van der Waals surface area (Å²) in [6.07, 6.45) is 0. The third kappa shape index (κ3) is 3.06. The number of anilines is 1. The fourth-order valence-corrected chi connectivity index (χ4v) is 3.30. The quantitative estimate of drug-likeness (QED) is 0.700. The fourth-order valence-electron chi connectivity index (χ4n) is 1.96. The summed E-state index contributed by atoms with van der Waals surface area (Å²) >= 11 is 4.94. The van der Waals surface area contributed by atoms with Crippen LogP contribution in [0.2, 0.25) is 0 Å². The zero-order valence-corrected chi connectivity index (χ0v) is 13.4. The number of carbonyl (C=O) groups excluding carboxylic acids is 1. The van der Waals surface area contributed by atoms with Gasteiger partial charge in [-0.15, -0.1) is 11.3 Å². The molecule has 4 nitrogen and oxygen atoms in total. The molecule has 3 aromatic rings. The lowest BCUT2D eigenvalue weighted by Crippen LogP contribution is -2.23. The smallest absolute Gasteiger partial charge is 0.252 e. The van der Waals surface area contributed by atoms with Gasteiger partial charge in [0.2, 0.25) is 0 Å². The second-order valence-electron chi connectivity index (χ2n) is 4.50. The molecule has 2 aromatic carbocycles. The van der Waals surface area contributed by atoms with Gasteiger partial charge in [0.1, 0.15) is 5.01 Å². The lowest BCUT2D eigenvalue weighted by molar-refractivity contribution is 0.0950. The maximum Gasteiger partial charge on any atom is 0.252 e. The summed E-state index contributed by atoms with van der Waals surface area (Å²) in [5, 5.41) is 3.75. The summed E-state index contributed by atoms with van der Waals surface area (Å²) in [5.41, 5.74) is 7.75. The minimum Gasteiger partial charge on any atom is -0.399 e. The van der Waals surface area contributed by atoms with Crippen molar-refractivity contribution in [2.24, 2.45) is 0 Å². The number of para-hydroxylation sites is 1. The van der Waals surface area contributed by atoms with Gasteiger partial charge in [-0.05, 0) is 46.3 Å². The van der Waals surface area contributed by atoms with Crippen molar-refractivity contribution in [2.45, 2.75) is 6.54 Å². The lowest BCUT2D eigenvalue weighted by atomic mass is 10.2. The molecule has 1 amide bonds. The minimum atomic E-state index is -0.173. The SMILES string of the molecule is Nc1ccc(Br)c(C(=O)NCc2nc3ccccc3s2)c1. The number of nitrogens with zero attached hydrogens (tertiary/aromatic N) is 1. The number of benzene rings is 2. The van der Waals surface area contributed by atoms with E-state index < -0.39 is 0 Å². The number of hydrogen-bond donors (Lipinski definition) is 2. The Balaban J connectivity index is 1.74. The van der Waals surface area contributed by atoms with E-state index in [1.165, 1.54) is 0 Å². The number of carbonyl (C=O) groups is 1. The highest BCUT2D eigenvalue weighted by Crippen LogP contribution is 2.22. The third-order valence-electron chi connectivity index (χ3n) is 2.97. The molecule has 0 saturated carbocycles. The van der Waals surface area contributed by atoms with Gasteiger partial charge >= 0.3 is 0 Å². The van der Waals surface area contributed by atoms with Gasteiger partial charge in [-0.2, -0.15) is 0 Å². The number of thiazole rings is 1. The van der Waals surface area contributed by atoms with Crippen molar-refractivity contribution >= 4 is 49.1 Å². The van der Waals surface area contributed by atoms with Crippen molar-refractivity contribution < 1.29 is 4.79 Å². The average molecular weight is 362 g/mol. The summed E-state index contributed by atoms with van der Waals surface area (Å²) in [6, 6.07) is 13.1. The van der Waals surface area contributed by atoms with E-state index >= 15 is 0 Å². The van der Waals surface area contributed by atoms with Gasteiger partial charge in [0, 0.05) is 10.2 Å². The molecular weight excluding hydrogens is 350 g/mol. The average Bonchev–Trinajstić information content (AvgIpc) is 2.90. The van der Waals surface area contributed by atoms with E-state index in [4.69, 9.17) is 5.73 Å². The summed E-state index contributed by atoms with van der Waals surface area (Å²) in [6.45, 7) is 0.402. The zero-order chi connectivity index (χ0) is 14.8. The lowest BCUT2D eigenvalue weighted by Gasteiger charge is -2.06. The van der Waals surface area contributed by atoms with Crippen molar-refractivity contribution in [1.82, 2.24) is 10.3 Å². The van der Waals surface area contributed by atoms with E-state index in [0.29, 0.717) is 17.8 Å². The molecule has 1 heterocycles. The molecule has 0 aliphatic heterocycles. The van der Waals surface area contributed by atoms with Gasteiger partial charge < -0.3 is 11.1 Å². The highest BCUT2D eigenvalue weighted by atomic mass is 79.9. The van der Waals surface area contributed by atoms with Crippen LogP contribution >= 0.6 is 27.3 Å². The summed E-state index contributed by atoms with van der Waals surface area (Å²) in [7, 11) is 0. The molecule has 3 N–H and O–H groups in total. The molecule has 0 unspecified atom stereocenters. The van der Waals surface area contributed by atoms with Gasteiger partial charge in [0.15, 0.2) is 0 Å². The molecule has 0 saturated heterocycles. The number of halogens is 1. The Bertz CT molecular complexity index is 783. The Labute approximate surface area is 134 Å². The first-order valence-electron chi connectivity index (χ1n) is 6.31. The van der Waals surface area contributed by atoms with E-state index in [9.17, 15) is 4.79 Å². The molecule has 106 valence electrons. The molecule has 0 fully saturated rings. The van der Waals surface area contributed by atoms with Crippen molar-refractivity contribution in [2.75, 3.05) is 5.73 Å². The Morgan fingerprint density at radius 2 is 2.10 bits per heavy atom. The van der Waals surface area contributed by atoms with E-state index in [0.717, 1.165) is 19.7 Å². The van der Waals surface area contributed by atoms with Crippen molar-refractivity contribution in [3.63, 3.8) is 0 Å². The van der Waals surface area contributed by atoms with Crippen molar-refractivity contribution in [3.8, 4) is 0 Å². The predicted molar refractivity (Wildman–Crippen MR) is 89.3 cm³/mol. The Morgan fingerprint density at radius 3 is 2.90 bits per heavy atom. The van der Waals surface area contributed by atoms with Gasteiger partial charge in [-0.1, -0.05) is 12.1 Å². The Morgan fingerprint density at radius 1 is 1.29 bits per heavy atom. The predicted octanol–water partition coefficient (Wildman–Crippen LogP) is 3.57. The van der Waals surface area contributed by atoms with Crippen LogP contribution in [-0.4, -0.2) is 10.9 Å². The molecule has 3 rings (SSSR count). The standard InChI is InChI=1S/C15H12BrN3OS/c16-11-6-5-9(17)7-10(11)15(20)18-8-14-19-12-3-1-2-4-13(12)21-14/h1-7H,8,17H2,(H,18,20). The molecule has 0 spiro atoms. The van der Waals surface area contributed by atoms with Gasteiger partial charge in [-0.25, -0.2) is 4.98 Å². The van der Waals surface area contributed by atoms with Crippen LogP contribution in [0.25, 0.3) is 10.2 Å². The van der Waals surface area contributed by atoms with Crippen LogP contribution in [-0.2, 0) is 6.54 Å². The van der Waals surface area contributed by atoms with Crippen LogP contribution in [0, 0.1) is 0 Å². The number of fused-ring (bicyclic) bond motifs is 1. The maximum absolute atomic E-state index is 12.2. The molecule has 0 bridgehead atoms. The second-order valence-corrected chi connectivity index (χ2v) is 6.47. The first-order chi connectivity index (χ1) is 10.1. The van der Waals surface area contributed by atoms with E-state index in [-0.39, 0.29) is 5.91 Å².